The number of aromatic hydroxyl groups is 2. The Morgan fingerprint density at radius 1 is 0.470 bits per heavy atom. The number of carbonyl (C=O) groups is 4. The molecule has 0 radical (unpaired) electrons. The first-order valence-corrected chi connectivity index (χ1v) is 46.9. The number of hydrogen-bond donors (Lipinski definition) is 4. The topological polar surface area (TPSA) is 289 Å². The van der Waals surface area contributed by atoms with E-state index in [0.29, 0.717) is 142 Å². The number of pyridine rings is 1. The molecule has 1 unspecified atom stereocenters. The Morgan fingerprint density at radius 2 is 0.918 bits per heavy atom. The monoisotopic (exact) mass is 1810 g/mol. The lowest BCUT2D eigenvalue weighted by Crippen LogP contribution is -2.52. The van der Waals surface area contributed by atoms with Gasteiger partial charge in [-0.25, -0.2) is 24.9 Å². The molecule has 0 bridgehead atoms. The fraction of sp³-hybridized carbons (Fsp3) is 0.394. The van der Waals surface area contributed by atoms with Gasteiger partial charge in [-0.1, -0.05) is 87.8 Å². The summed E-state index contributed by atoms with van der Waals surface area (Å²) in [6.45, 7) is 33.4. The van der Waals surface area contributed by atoms with Crippen LogP contribution in [0.3, 0.4) is 0 Å². The number of piperazine rings is 4. The molecular weight excluding hydrogens is 1700 g/mol. The summed E-state index contributed by atoms with van der Waals surface area (Å²) < 4.78 is 41.6. The molecular formula is C104H116F3N21O6. The number of aryl methyl sites for hydroxylation is 1. The summed E-state index contributed by atoms with van der Waals surface area (Å²) in [4.78, 5) is 102. The van der Waals surface area contributed by atoms with Crippen LogP contribution in [-0.2, 0) is 76.7 Å². The fourth-order valence-corrected chi connectivity index (χ4v) is 22.0. The Hall–Kier alpha value is -13.6. The maximum atomic E-state index is 13.9. The highest BCUT2D eigenvalue weighted by molar-refractivity contribution is 5.92. The number of halogens is 3. The molecule has 30 heteroatoms. The van der Waals surface area contributed by atoms with Gasteiger partial charge in [-0.2, -0.15) is 28.4 Å². The van der Waals surface area contributed by atoms with E-state index in [1.54, 1.807) is 23.8 Å². The zero-order chi connectivity index (χ0) is 93.2. The quantitative estimate of drug-likeness (QED) is 0.0694. The number of fused-ring (bicyclic) bond motifs is 8. The van der Waals surface area contributed by atoms with E-state index in [0.717, 1.165) is 184 Å². The third-order valence-electron chi connectivity index (χ3n) is 28.8. The minimum absolute atomic E-state index is 0.00725. The summed E-state index contributed by atoms with van der Waals surface area (Å²) in [5.41, 5.74) is 16.7. The van der Waals surface area contributed by atoms with Crippen LogP contribution in [0.5, 0.6) is 11.5 Å². The van der Waals surface area contributed by atoms with Crippen LogP contribution < -0.4 is 24.5 Å². The van der Waals surface area contributed by atoms with Gasteiger partial charge in [-0.3, -0.25) is 34.4 Å². The molecule has 4 aliphatic carbocycles. The Bertz CT molecular complexity index is 6250. The molecule has 21 rings (SSSR count). The van der Waals surface area contributed by atoms with E-state index in [2.05, 4.69) is 165 Å². The van der Waals surface area contributed by atoms with Crippen molar-refractivity contribution in [2.45, 2.75) is 114 Å². The zero-order valence-corrected chi connectivity index (χ0v) is 76.7. The zero-order valence-electron chi connectivity index (χ0n) is 76.7. The number of alkyl halides is 3. The summed E-state index contributed by atoms with van der Waals surface area (Å²) in [6, 6.07) is 32.9. The van der Waals surface area contributed by atoms with Gasteiger partial charge in [-0.05, 0) is 249 Å². The highest BCUT2D eigenvalue weighted by Crippen LogP contribution is 2.49. The lowest BCUT2D eigenvalue weighted by molar-refractivity contribution is -0.138. The standard InChI is InChI=1S/C30H40N8O.2C25H26N4O2.C24H24F3N5O/c1-6-27(39)36-9-11-37(12-10-36)29-23-13-20(3)22(28-19(2)7-8-25-24(28)15-31-34-25)14-26(23)32-30(33-29)38-17-21(18-38)16-35(4)5;2*1-2-24(31)28-9-11-29(12-10-28)25-21-8-7-18(14-23(21)26-16-27-25)22-15-19(30)13-17-5-3-4-6-20(17)22;1-2-22(33)32-11-9-31(10-12-32)21-7-8-28-20-13-15(3-4-16(20)21)23-17-14-29-30-19(17)6-5-18(23)24(25,26)27/h6-8,15,20-22H,1,9-14,16-18H2,2-5H3,(H,31,34);2*2-6,13,15-16,18,30H,1,7-12,14H2;2,5-8,14-15H,1,3-4,9-13H2,(H,29,30)/t20-,22-;2*18-;/m110./s1. The van der Waals surface area contributed by atoms with Crippen molar-refractivity contribution >= 4 is 96.1 Å². The van der Waals surface area contributed by atoms with Gasteiger partial charge in [-0.15, -0.1) is 0 Å². The van der Waals surface area contributed by atoms with Crippen molar-refractivity contribution in [2.24, 2.45) is 11.8 Å². The second kappa shape index (κ2) is 39.3. The molecule has 5 atom stereocenters. The third kappa shape index (κ3) is 18.9. The average Bonchev–Trinajstić information content (AvgIpc) is 1.13. The largest absolute Gasteiger partial charge is 0.508 e. The van der Waals surface area contributed by atoms with Gasteiger partial charge in [0, 0.05) is 187 Å². The molecule has 9 aliphatic rings. The van der Waals surface area contributed by atoms with E-state index in [1.807, 2.05) is 75.5 Å². The van der Waals surface area contributed by atoms with E-state index in [-0.39, 0.29) is 29.5 Å². The number of rotatable bonds is 15. The predicted octanol–water partition coefficient (Wildman–Crippen LogP) is 14.0. The van der Waals surface area contributed by atoms with Crippen molar-refractivity contribution in [3.63, 3.8) is 0 Å². The molecule has 4 amide bonds. The second-order valence-electron chi connectivity index (χ2n) is 37.2. The Labute approximate surface area is 778 Å². The number of anilines is 5. The number of aromatic amines is 2. The van der Waals surface area contributed by atoms with E-state index >= 15 is 0 Å². The van der Waals surface area contributed by atoms with Crippen LogP contribution >= 0.6 is 0 Å². The van der Waals surface area contributed by atoms with E-state index in [4.69, 9.17) is 9.97 Å². The van der Waals surface area contributed by atoms with Crippen LogP contribution in [0, 0.1) is 18.8 Å². The minimum atomic E-state index is -4.43. The van der Waals surface area contributed by atoms with E-state index in [9.17, 15) is 42.6 Å². The summed E-state index contributed by atoms with van der Waals surface area (Å²) >= 11 is 0. The minimum Gasteiger partial charge on any atom is -0.508 e. The fourth-order valence-electron chi connectivity index (χ4n) is 22.0. The Morgan fingerprint density at radius 3 is 1.41 bits per heavy atom. The molecule has 4 N–H and O–H groups in total. The molecule has 5 aliphatic heterocycles. The van der Waals surface area contributed by atoms with Crippen molar-refractivity contribution in [2.75, 3.05) is 163 Å². The van der Waals surface area contributed by atoms with Crippen LogP contribution in [0.1, 0.15) is 128 Å². The van der Waals surface area contributed by atoms with Crippen LogP contribution in [0.15, 0.2) is 185 Å². The van der Waals surface area contributed by atoms with E-state index in [1.165, 1.54) is 97.4 Å². The number of amides is 4. The lowest BCUT2D eigenvalue weighted by atomic mass is 9.73. The first-order valence-electron chi connectivity index (χ1n) is 46.9. The van der Waals surface area contributed by atoms with Crippen LogP contribution in [-0.4, -0.2) is 252 Å². The number of phenolic OH excluding ortho intramolecular Hbond substituents is 2. The number of phenols is 2. The van der Waals surface area contributed by atoms with Crippen molar-refractivity contribution in [1.29, 1.82) is 0 Å². The lowest BCUT2D eigenvalue weighted by Gasteiger charge is -2.43. The number of nitrogens with one attached hydrogen (secondary N) is 2. The SMILES string of the molecule is C=CC(=O)N1CCN(c2ccnc3c2CCC(c2c(C(F)(F)F)ccc4[nH]ncc24)C3)CC1.C=CC(=O)N1CCN(c2nc(N3CC(CN(C)C)C3)nc3c2C[C@@H](C)[C@H](c2c(C)ccc4[nH]ncc24)C3)CC1.C=CC(=O)N1CCN(c2ncnc3c2CC[C@@H](c2cc(O)cc4ccccc24)C3)CC1.C=CC(=O)N1CCN(c2ncnc3c2CC[C@H](c2cc(O)cc4ccccc24)C3)CC1. The smallest absolute Gasteiger partial charge is 0.416 e. The number of hydrogen-bond acceptors (Lipinski definition) is 21. The van der Waals surface area contributed by atoms with Crippen molar-refractivity contribution in [3.8, 4) is 11.5 Å². The first-order chi connectivity index (χ1) is 65.0. The second-order valence-corrected chi connectivity index (χ2v) is 37.2. The normalized spacial score (nSPS) is 19.6. The van der Waals surface area contributed by atoms with Crippen LogP contribution in [0.25, 0.3) is 43.4 Å². The predicted molar refractivity (Wildman–Crippen MR) is 517 cm³/mol. The summed E-state index contributed by atoms with van der Waals surface area (Å²) in [5, 5.41) is 41.1. The van der Waals surface area contributed by atoms with Crippen molar-refractivity contribution in [3.05, 3.63) is 263 Å². The molecule has 0 saturated carbocycles. The summed E-state index contributed by atoms with van der Waals surface area (Å²) in [7, 11) is 4.27. The maximum absolute atomic E-state index is 13.9. The highest BCUT2D eigenvalue weighted by atomic mass is 19.4. The number of benzene rings is 6. The molecule has 27 nitrogen and oxygen atoms in total. The summed E-state index contributed by atoms with van der Waals surface area (Å²) in [5.74, 6) is 6.29. The average molecular weight is 1810 g/mol. The molecule has 6 aromatic carbocycles. The molecule has 0 spiro atoms. The number of H-pyrrole nitrogens is 2. The van der Waals surface area contributed by atoms with Crippen molar-refractivity contribution in [1.82, 2.24) is 79.8 Å². The van der Waals surface area contributed by atoms with Gasteiger partial charge in [0.05, 0.1) is 34.7 Å². The Balaban J connectivity index is 0.000000120. The van der Waals surface area contributed by atoms with Gasteiger partial charge >= 0.3 is 6.18 Å². The molecule has 11 heterocycles. The number of nitrogens with zero attached hydrogens (tertiary/aromatic N) is 19. The van der Waals surface area contributed by atoms with Gasteiger partial charge in [0.2, 0.25) is 29.6 Å². The Kier molecular flexibility index (Phi) is 26.6. The molecule has 694 valence electrons. The summed E-state index contributed by atoms with van der Waals surface area (Å²) in [6.07, 6.45) is 18.7. The van der Waals surface area contributed by atoms with Gasteiger partial charge in [0.15, 0.2) is 0 Å². The highest BCUT2D eigenvalue weighted by Gasteiger charge is 2.42. The molecule has 5 saturated heterocycles. The van der Waals surface area contributed by atoms with Crippen LogP contribution in [0.4, 0.5) is 42.3 Å². The van der Waals surface area contributed by atoms with Crippen LogP contribution in [0.2, 0.25) is 0 Å². The van der Waals surface area contributed by atoms with E-state index < -0.39 is 11.7 Å². The third-order valence-corrected chi connectivity index (χ3v) is 28.8. The number of carbonyl (C=O) groups excluding carboxylic acids is 4. The van der Waals surface area contributed by atoms with Crippen molar-refractivity contribution < 1.29 is 42.6 Å². The molecule has 6 aromatic heterocycles. The maximum Gasteiger partial charge on any atom is 0.416 e. The van der Waals surface area contributed by atoms with Gasteiger partial charge in [0.1, 0.15) is 41.6 Å². The van der Waals surface area contributed by atoms with Gasteiger partial charge < -0.3 is 59.2 Å². The molecule has 5 fully saturated rings. The number of aromatic nitrogens is 11. The molecule has 134 heavy (non-hydrogen) atoms. The van der Waals surface area contributed by atoms with Gasteiger partial charge in [0.25, 0.3) is 0 Å². The molecule has 12 aromatic rings. The first kappa shape index (κ1) is 90.9.